The highest BCUT2D eigenvalue weighted by Crippen LogP contribution is 2.38. The number of ether oxygens (including phenoxy) is 2. The lowest BCUT2D eigenvalue weighted by atomic mass is 9.80. The molecule has 2 aromatic heterocycles. The predicted octanol–water partition coefficient (Wildman–Crippen LogP) is 2.09. The summed E-state index contributed by atoms with van der Waals surface area (Å²) in [5.41, 5.74) is 1.71. The van der Waals surface area contributed by atoms with Crippen LogP contribution in [0.3, 0.4) is 0 Å². The smallest absolute Gasteiger partial charge is 0.407 e. The van der Waals surface area contributed by atoms with Gasteiger partial charge >= 0.3 is 6.09 Å². The molecule has 2 aliphatic rings. The van der Waals surface area contributed by atoms with Crippen LogP contribution in [0.2, 0.25) is 0 Å². The summed E-state index contributed by atoms with van der Waals surface area (Å²) < 4.78 is 10.8. The monoisotopic (exact) mass is 385 g/mol. The Morgan fingerprint density at radius 1 is 1.32 bits per heavy atom. The lowest BCUT2D eigenvalue weighted by Gasteiger charge is -2.33. The number of amides is 2. The standard InChI is InChI=1S/C19H23N5O4/c25-18(16-5-3-7-27-16)22-17-10-15(23-24-17)12-8-14(9-12)28-19(26)21-11-13-4-1-2-6-20-13/h1-2,4,6,10,12,14,16H,3,5,7-9,11H2,(H,21,26)(H2,22,23,24,25). The fourth-order valence-corrected chi connectivity index (χ4v) is 3.38. The van der Waals surface area contributed by atoms with Crippen LogP contribution >= 0.6 is 0 Å². The van der Waals surface area contributed by atoms with Gasteiger partial charge in [-0.05, 0) is 37.8 Å². The second kappa shape index (κ2) is 8.39. The Balaban J connectivity index is 1.18. The van der Waals surface area contributed by atoms with Gasteiger partial charge in [0.15, 0.2) is 5.82 Å². The Bertz CT molecular complexity index is 813. The number of anilines is 1. The Morgan fingerprint density at radius 3 is 2.96 bits per heavy atom. The number of hydrogen-bond donors (Lipinski definition) is 3. The first-order chi connectivity index (χ1) is 13.7. The number of nitrogens with one attached hydrogen (secondary N) is 3. The van der Waals surface area contributed by atoms with Crippen LogP contribution in [0.25, 0.3) is 0 Å². The van der Waals surface area contributed by atoms with Gasteiger partial charge in [0.25, 0.3) is 5.91 Å². The van der Waals surface area contributed by atoms with Crippen LogP contribution in [0.15, 0.2) is 30.5 Å². The predicted molar refractivity (Wildman–Crippen MR) is 99.5 cm³/mol. The normalized spacial score (nSPS) is 23.6. The van der Waals surface area contributed by atoms with Gasteiger partial charge < -0.3 is 20.1 Å². The van der Waals surface area contributed by atoms with Crippen LogP contribution in [0.4, 0.5) is 10.6 Å². The van der Waals surface area contributed by atoms with E-state index in [0.717, 1.165) is 37.1 Å². The van der Waals surface area contributed by atoms with Crippen molar-refractivity contribution < 1.29 is 19.1 Å². The maximum Gasteiger partial charge on any atom is 0.407 e. The van der Waals surface area contributed by atoms with E-state index in [4.69, 9.17) is 9.47 Å². The van der Waals surface area contributed by atoms with Crippen molar-refractivity contribution in [2.75, 3.05) is 11.9 Å². The van der Waals surface area contributed by atoms with Crippen LogP contribution < -0.4 is 10.6 Å². The van der Waals surface area contributed by atoms with E-state index in [0.29, 0.717) is 19.0 Å². The average molecular weight is 385 g/mol. The van der Waals surface area contributed by atoms with Crippen molar-refractivity contribution in [2.24, 2.45) is 0 Å². The van der Waals surface area contributed by atoms with E-state index in [1.807, 2.05) is 24.3 Å². The fraction of sp³-hybridized carbons (Fsp3) is 0.474. The minimum absolute atomic E-state index is 0.123. The van der Waals surface area contributed by atoms with Gasteiger partial charge in [-0.3, -0.25) is 14.9 Å². The molecule has 0 radical (unpaired) electrons. The SMILES string of the molecule is O=C(NCc1ccccn1)OC1CC(c2cc(NC(=O)C3CCCO3)n[nH]2)C1. The molecule has 2 fully saturated rings. The van der Waals surface area contributed by atoms with E-state index >= 15 is 0 Å². The van der Waals surface area contributed by atoms with Crippen molar-refractivity contribution in [1.82, 2.24) is 20.5 Å². The summed E-state index contributed by atoms with van der Waals surface area (Å²) in [7, 11) is 0. The Labute approximate surface area is 162 Å². The van der Waals surface area contributed by atoms with Crippen molar-refractivity contribution >= 4 is 17.8 Å². The molecule has 2 aromatic rings. The minimum Gasteiger partial charge on any atom is -0.446 e. The number of carbonyl (C=O) groups is 2. The van der Waals surface area contributed by atoms with E-state index < -0.39 is 6.09 Å². The zero-order chi connectivity index (χ0) is 19.3. The maximum absolute atomic E-state index is 12.1. The molecule has 1 unspecified atom stereocenters. The highest BCUT2D eigenvalue weighted by Gasteiger charge is 2.34. The average Bonchev–Trinajstić information content (AvgIpc) is 3.35. The van der Waals surface area contributed by atoms with Gasteiger partial charge in [0.1, 0.15) is 12.2 Å². The van der Waals surface area contributed by atoms with Crippen LogP contribution in [0.1, 0.15) is 43.0 Å². The molecule has 4 rings (SSSR count). The number of alkyl carbamates (subject to hydrolysis) is 1. The summed E-state index contributed by atoms with van der Waals surface area (Å²) in [5, 5.41) is 12.6. The van der Waals surface area contributed by atoms with Crippen molar-refractivity contribution in [3.63, 3.8) is 0 Å². The second-order valence-electron chi connectivity index (χ2n) is 7.07. The third-order valence-corrected chi connectivity index (χ3v) is 5.02. The number of carbonyl (C=O) groups excluding carboxylic acids is 2. The van der Waals surface area contributed by atoms with E-state index in [1.165, 1.54) is 0 Å². The minimum atomic E-state index is -0.441. The molecule has 0 spiro atoms. The number of aromatic amines is 1. The zero-order valence-corrected chi connectivity index (χ0v) is 15.4. The number of aromatic nitrogens is 3. The first kappa shape index (κ1) is 18.4. The van der Waals surface area contributed by atoms with Gasteiger partial charge in [0.05, 0.1) is 12.2 Å². The number of pyridine rings is 1. The number of nitrogens with zero attached hydrogens (tertiary/aromatic N) is 2. The third-order valence-electron chi connectivity index (χ3n) is 5.02. The highest BCUT2D eigenvalue weighted by molar-refractivity contribution is 5.93. The molecule has 1 aliphatic carbocycles. The van der Waals surface area contributed by atoms with E-state index in [1.54, 1.807) is 6.20 Å². The molecular formula is C19H23N5O4. The van der Waals surface area contributed by atoms with Crippen LogP contribution in [-0.4, -0.2) is 46.0 Å². The molecule has 1 saturated carbocycles. The molecule has 0 bridgehead atoms. The summed E-state index contributed by atoms with van der Waals surface area (Å²) in [6.07, 6.45) is 3.82. The third kappa shape index (κ3) is 4.48. The lowest BCUT2D eigenvalue weighted by molar-refractivity contribution is -0.124. The molecule has 148 valence electrons. The van der Waals surface area contributed by atoms with E-state index in [-0.39, 0.29) is 24.0 Å². The fourth-order valence-electron chi connectivity index (χ4n) is 3.38. The highest BCUT2D eigenvalue weighted by atomic mass is 16.6. The molecule has 1 saturated heterocycles. The summed E-state index contributed by atoms with van der Waals surface area (Å²) in [6.45, 7) is 0.965. The van der Waals surface area contributed by atoms with E-state index in [2.05, 4.69) is 25.8 Å². The number of hydrogen-bond acceptors (Lipinski definition) is 6. The van der Waals surface area contributed by atoms with E-state index in [9.17, 15) is 9.59 Å². The Hall–Kier alpha value is -2.94. The molecule has 9 nitrogen and oxygen atoms in total. The Morgan fingerprint density at radius 2 is 2.21 bits per heavy atom. The first-order valence-corrected chi connectivity index (χ1v) is 9.49. The molecular weight excluding hydrogens is 362 g/mol. The Kier molecular flexibility index (Phi) is 5.52. The van der Waals surface area contributed by atoms with Crippen LogP contribution in [0.5, 0.6) is 0 Å². The zero-order valence-electron chi connectivity index (χ0n) is 15.4. The van der Waals surface area contributed by atoms with Gasteiger partial charge in [0.2, 0.25) is 0 Å². The lowest BCUT2D eigenvalue weighted by Crippen LogP contribution is -2.36. The van der Waals surface area contributed by atoms with Crippen LogP contribution in [0, 0.1) is 0 Å². The van der Waals surface area contributed by atoms with Crippen LogP contribution in [-0.2, 0) is 20.8 Å². The first-order valence-electron chi connectivity index (χ1n) is 9.49. The van der Waals surface area contributed by atoms with Gasteiger partial charge in [-0.15, -0.1) is 0 Å². The quantitative estimate of drug-likeness (QED) is 0.701. The molecule has 3 heterocycles. The molecule has 9 heteroatoms. The molecule has 0 aromatic carbocycles. The van der Waals surface area contributed by atoms with Crippen molar-refractivity contribution in [3.05, 3.63) is 41.9 Å². The summed E-state index contributed by atoms with van der Waals surface area (Å²) in [4.78, 5) is 28.1. The van der Waals surface area contributed by atoms with Gasteiger partial charge in [-0.2, -0.15) is 5.10 Å². The molecule has 28 heavy (non-hydrogen) atoms. The van der Waals surface area contributed by atoms with Crippen molar-refractivity contribution in [3.8, 4) is 0 Å². The van der Waals surface area contributed by atoms with Gasteiger partial charge in [0, 0.05) is 30.5 Å². The topological polar surface area (TPSA) is 118 Å². The molecule has 2 amide bonds. The van der Waals surface area contributed by atoms with Crippen molar-refractivity contribution in [1.29, 1.82) is 0 Å². The maximum atomic E-state index is 12.1. The summed E-state index contributed by atoms with van der Waals surface area (Å²) >= 11 is 0. The summed E-state index contributed by atoms with van der Waals surface area (Å²) in [6, 6.07) is 7.36. The number of rotatable bonds is 6. The number of H-pyrrole nitrogens is 1. The largest absolute Gasteiger partial charge is 0.446 e. The van der Waals surface area contributed by atoms with Gasteiger partial charge in [-0.1, -0.05) is 6.07 Å². The van der Waals surface area contributed by atoms with Crippen molar-refractivity contribution in [2.45, 2.75) is 50.4 Å². The summed E-state index contributed by atoms with van der Waals surface area (Å²) in [5.74, 6) is 0.567. The molecule has 3 N–H and O–H groups in total. The molecule has 1 atom stereocenters. The van der Waals surface area contributed by atoms with Gasteiger partial charge in [-0.25, -0.2) is 4.79 Å². The molecule has 1 aliphatic heterocycles. The second-order valence-corrected chi connectivity index (χ2v) is 7.07.